The summed E-state index contributed by atoms with van der Waals surface area (Å²) in [4.78, 5) is 4.48. The van der Waals surface area contributed by atoms with Gasteiger partial charge in [0.2, 0.25) is 0 Å². The van der Waals surface area contributed by atoms with Gasteiger partial charge < -0.3 is 0 Å². The molecular weight excluding hydrogens is 551 g/mol. The fraction of sp³-hybridized carbons (Fsp3) is 0.0238. The Hall–Kier alpha value is -5.31. The molecule has 2 aliphatic rings. The highest BCUT2D eigenvalue weighted by Crippen LogP contribution is 2.63. The second kappa shape index (κ2) is 8.86. The summed E-state index contributed by atoms with van der Waals surface area (Å²) < 4.78 is 2.71. The molecule has 44 heavy (non-hydrogen) atoms. The van der Waals surface area contributed by atoms with Crippen molar-refractivity contribution in [3.63, 3.8) is 0 Å². The zero-order chi connectivity index (χ0) is 28.8. The van der Waals surface area contributed by atoms with Gasteiger partial charge in [0.05, 0.1) is 5.41 Å². The van der Waals surface area contributed by atoms with Gasteiger partial charge in [-0.2, -0.15) is 0 Å². The molecule has 0 saturated carbocycles. The predicted octanol–water partition coefficient (Wildman–Crippen LogP) is 11.1. The summed E-state index contributed by atoms with van der Waals surface area (Å²) in [5.41, 5.74) is 15.0. The molecule has 1 unspecified atom stereocenters. The Bertz CT molecular complexity index is 2450. The van der Waals surface area contributed by atoms with E-state index < -0.39 is 5.41 Å². The summed E-state index contributed by atoms with van der Waals surface area (Å²) in [5.74, 6) is 0. The van der Waals surface area contributed by atoms with Crippen LogP contribution < -0.4 is 0 Å². The molecular formula is C42H25NS. The predicted molar refractivity (Wildman–Crippen MR) is 184 cm³/mol. The molecule has 1 atom stereocenters. The zero-order valence-electron chi connectivity index (χ0n) is 23.8. The molecule has 0 N–H and O–H groups in total. The number of thiophene rings is 1. The number of benzene rings is 6. The van der Waals surface area contributed by atoms with E-state index in [-0.39, 0.29) is 0 Å². The lowest BCUT2D eigenvalue weighted by Crippen LogP contribution is -2.29. The van der Waals surface area contributed by atoms with E-state index in [1.54, 1.807) is 0 Å². The maximum absolute atomic E-state index is 4.48. The van der Waals surface area contributed by atoms with Crippen molar-refractivity contribution < 1.29 is 0 Å². The monoisotopic (exact) mass is 575 g/mol. The van der Waals surface area contributed by atoms with Crippen molar-refractivity contribution in [1.82, 2.24) is 4.98 Å². The normalized spacial score (nSPS) is 15.8. The van der Waals surface area contributed by atoms with Gasteiger partial charge >= 0.3 is 0 Å². The Labute approximate surface area is 259 Å². The quantitative estimate of drug-likeness (QED) is 0.190. The molecule has 0 amide bonds. The minimum absolute atomic E-state index is 0.501. The molecule has 0 aliphatic heterocycles. The van der Waals surface area contributed by atoms with Gasteiger partial charge in [0, 0.05) is 38.1 Å². The van der Waals surface area contributed by atoms with Crippen LogP contribution in [0.3, 0.4) is 0 Å². The summed E-state index contributed by atoms with van der Waals surface area (Å²) in [7, 11) is 0. The molecule has 2 heterocycles. The number of nitrogens with zero attached hydrogens (tertiary/aromatic N) is 1. The molecule has 0 fully saturated rings. The summed E-state index contributed by atoms with van der Waals surface area (Å²) >= 11 is 1.92. The van der Waals surface area contributed by atoms with Gasteiger partial charge in [0.25, 0.3) is 0 Å². The van der Waals surface area contributed by atoms with Crippen LogP contribution in [0.5, 0.6) is 0 Å². The first-order valence-electron chi connectivity index (χ1n) is 15.1. The highest BCUT2D eigenvalue weighted by Gasteiger charge is 2.50. The van der Waals surface area contributed by atoms with Crippen molar-refractivity contribution in [2.45, 2.75) is 5.41 Å². The number of hydrogen-bond acceptors (Lipinski definition) is 2. The molecule has 2 aliphatic carbocycles. The first kappa shape index (κ1) is 24.2. The van der Waals surface area contributed by atoms with E-state index in [4.69, 9.17) is 0 Å². The topological polar surface area (TPSA) is 12.9 Å². The molecule has 0 bridgehead atoms. The first-order valence-corrected chi connectivity index (χ1v) is 15.9. The van der Waals surface area contributed by atoms with Gasteiger partial charge in [-0.1, -0.05) is 121 Å². The minimum Gasteiger partial charge on any atom is -0.264 e. The van der Waals surface area contributed by atoms with Crippen molar-refractivity contribution in [3.05, 3.63) is 174 Å². The smallest absolute Gasteiger partial charge is 0.0726 e. The van der Waals surface area contributed by atoms with E-state index in [2.05, 4.69) is 138 Å². The summed E-state index contributed by atoms with van der Waals surface area (Å²) in [6.45, 7) is 0. The zero-order valence-corrected chi connectivity index (χ0v) is 24.6. The molecule has 8 aromatic rings. The highest BCUT2D eigenvalue weighted by molar-refractivity contribution is 7.26. The molecule has 0 saturated heterocycles. The van der Waals surface area contributed by atoms with Crippen LogP contribution >= 0.6 is 11.3 Å². The van der Waals surface area contributed by atoms with Crippen LogP contribution in [0.4, 0.5) is 0 Å². The Kier molecular flexibility index (Phi) is 4.86. The van der Waals surface area contributed by atoms with Crippen molar-refractivity contribution >= 4 is 31.5 Å². The van der Waals surface area contributed by atoms with Gasteiger partial charge in [-0.15, -0.1) is 11.3 Å². The van der Waals surface area contributed by atoms with Crippen LogP contribution in [0.1, 0.15) is 22.3 Å². The number of pyridine rings is 1. The number of fused-ring (bicyclic) bond motifs is 16. The van der Waals surface area contributed by atoms with E-state index in [1.807, 2.05) is 29.8 Å². The van der Waals surface area contributed by atoms with Crippen molar-refractivity contribution in [1.29, 1.82) is 0 Å². The molecule has 204 valence electrons. The van der Waals surface area contributed by atoms with Crippen molar-refractivity contribution in [2.24, 2.45) is 0 Å². The van der Waals surface area contributed by atoms with Gasteiger partial charge in [-0.3, -0.25) is 4.98 Å². The highest BCUT2D eigenvalue weighted by atomic mass is 32.1. The largest absolute Gasteiger partial charge is 0.264 e. The lowest BCUT2D eigenvalue weighted by atomic mass is 9.65. The average Bonchev–Trinajstić information content (AvgIpc) is 3.59. The van der Waals surface area contributed by atoms with Crippen molar-refractivity contribution in [3.8, 4) is 44.5 Å². The molecule has 1 nitrogen and oxygen atoms in total. The van der Waals surface area contributed by atoms with E-state index >= 15 is 0 Å². The first-order chi connectivity index (χ1) is 21.8. The van der Waals surface area contributed by atoms with Crippen LogP contribution in [0.15, 0.2) is 152 Å². The fourth-order valence-corrected chi connectivity index (χ4v) is 9.33. The maximum Gasteiger partial charge on any atom is 0.0726 e. The standard InChI is InChI=1S/C42H25NS/c1-2-12-29-28(11-1)30-13-3-6-16-35(30)42(38-24-26(19-20-31(29)38)27-10-9-23-43-25-27)36-17-7-4-15-34(36)40-37(42)22-21-33-32-14-5-8-18-39(32)44-41(33)40/h1-25H. The summed E-state index contributed by atoms with van der Waals surface area (Å²) in [5, 5.41) is 2.67. The summed E-state index contributed by atoms with van der Waals surface area (Å²) in [6, 6.07) is 52.1. The van der Waals surface area contributed by atoms with Gasteiger partial charge in [0.1, 0.15) is 0 Å². The van der Waals surface area contributed by atoms with Crippen molar-refractivity contribution in [2.75, 3.05) is 0 Å². The molecule has 0 radical (unpaired) electrons. The van der Waals surface area contributed by atoms with E-state index in [1.165, 1.54) is 81.4 Å². The Balaban J connectivity index is 1.44. The van der Waals surface area contributed by atoms with E-state index in [0.29, 0.717) is 0 Å². The van der Waals surface area contributed by atoms with Gasteiger partial charge in [0.15, 0.2) is 0 Å². The fourth-order valence-electron chi connectivity index (χ4n) is 8.07. The lowest BCUT2D eigenvalue weighted by Gasteiger charge is -2.35. The third-order valence-corrected chi connectivity index (χ3v) is 11.0. The van der Waals surface area contributed by atoms with Crippen LogP contribution in [0.25, 0.3) is 64.7 Å². The SMILES string of the molecule is c1cncc(-c2ccc3c(c2)C2(c4ccccc4-c4ccccc4-3)c3ccccc3-c3c2ccc2c3sc3ccccc32)c1. The van der Waals surface area contributed by atoms with Gasteiger partial charge in [-0.25, -0.2) is 0 Å². The van der Waals surface area contributed by atoms with Crippen LogP contribution in [0.2, 0.25) is 0 Å². The molecule has 2 heteroatoms. The Morgan fingerprint density at radius 1 is 0.455 bits per heavy atom. The van der Waals surface area contributed by atoms with Gasteiger partial charge in [-0.05, 0) is 79.4 Å². The van der Waals surface area contributed by atoms with Crippen LogP contribution in [-0.4, -0.2) is 4.98 Å². The van der Waals surface area contributed by atoms with Crippen LogP contribution in [-0.2, 0) is 5.41 Å². The molecule has 1 spiro atoms. The second-order valence-corrected chi connectivity index (χ2v) is 12.9. The van der Waals surface area contributed by atoms with Crippen LogP contribution in [0, 0.1) is 0 Å². The molecule has 2 aromatic heterocycles. The average molecular weight is 576 g/mol. The third kappa shape index (κ3) is 3.01. The minimum atomic E-state index is -0.501. The summed E-state index contributed by atoms with van der Waals surface area (Å²) in [6.07, 6.45) is 3.82. The third-order valence-electron chi connectivity index (χ3n) is 9.81. The number of hydrogen-bond donors (Lipinski definition) is 0. The van der Waals surface area contributed by atoms with E-state index in [0.717, 1.165) is 5.56 Å². The Morgan fingerprint density at radius 2 is 1.14 bits per heavy atom. The lowest BCUT2D eigenvalue weighted by molar-refractivity contribution is 0.776. The molecule has 10 rings (SSSR count). The van der Waals surface area contributed by atoms with E-state index in [9.17, 15) is 0 Å². The second-order valence-electron chi connectivity index (χ2n) is 11.9. The number of rotatable bonds is 1. The number of aromatic nitrogens is 1. The maximum atomic E-state index is 4.48. The molecule has 6 aromatic carbocycles. The Morgan fingerprint density at radius 3 is 1.93 bits per heavy atom.